The first kappa shape index (κ1) is 88.3. The zero-order valence-corrected chi connectivity index (χ0v) is 70.7. The van der Waals surface area contributed by atoms with Crippen molar-refractivity contribution >= 4 is 168 Å². The number of allylic oxidation sites excluding steroid dienone is 2. The first-order chi connectivity index (χ1) is 49.9. The molecule has 30 heteroatoms. The number of piperazine rings is 2. The minimum absolute atomic E-state index is 0. The number of amides is 3. The number of alkyl halides is 1. The second-order valence-corrected chi connectivity index (χ2v) is 32.7. The van der Waals surface area contributed by atoms with Gasteiger partial charge in [0.05, 0.1) is 50.5 Å². The van der Waals surface area contributed by atoms with Crippen molar-refractivity contribution in [3.8, 4) is 0 Å². The molecule has 3 saturated heterocycles. The van der Waals surface area contributed by atoms with Crippen LogP contribution in [0, 0.1) is 16.7 Å². The van der Waals surface area contributed by atoms with Gasteiger partial charge < -0.3 is 56.2 Å². The summed E-state index contributed by atoms with van der Waals surface area (Å²) in [6.45, 7) is 22.9. The van der Waals surface area contributed by atoms with Gasteiger partial charge in [0.1, 0.15) is 21.9 Å². The van der Waals surface area contributed by atoms with Crippen LogP contribution in [0.25, 0.3) is 0 Å². The van der Waals surface area contributed by atoms with Gasteiger partial charge in [0.15, 0.2) is 26.6 Å². The summed E-state index contributed by atoms with van der Waals surface area (Å²) in [4.78, 5) is 88.5. The predicted octanol–water partition coefficient (Wildman–Crippen LogP) is 13.6. The van der Waals surface area contributed by atoms with Gasteiger partial charge in [0, 0.05) is 78.5 Å². The predicted molar refractivity (Wildman–Crippen MR) is 431 cm³/mol. The van der Waals surface area contributed by atoms with Crippen LogP contribution in [0.5, 0.6) is 0 Å². The second kappa shape index (κ2) is 39.8. The number of carbonyl (C=O) groups excluding carboxylic acids is 6. The number of fused-ring (bicyclic) bond motifs is 2. The van der Waals surface area contributed by atoms with E-state index >= 15 is 0 Å². The molecule has 7 unspecified atom stereocenters. The summed E-state index contributed by atoms with van der Waals surface area (Å²) in [6, 6.07) is 46.4. The molecule has 13 rings (SSSR count). The van der Waals surface area contributed by atoms with Crippen molar-refractivity contribution in [2.75, 3.05) is 52.5 Å². The molecule has 0 aromatic heterocycles. The number of ketones is 1. The van der Waals surface area contributed by atoms with Gasteiger partial charge in [-0.15, -0.1) is 11.6 Å². The van der Waals surface area contributed by atoms with Crippen molar-refractivity contribution in [3.05, 3.63) is 230 Å². The number of rotatable bonds is 13. The number of esters is 2. The van der Waals surface area contributed by atoms with E-state index in [-0.39, 0.29) is 125 Å². The molecule has 3 amide bonds. The summed E-state index contributed by atoms with van der Waals surface area (Å²) in [5, 5.41) is 20.2. The summed E-state index contributed by atoms with van der Waals surface area (Å²) in [5.74, 6) is -1.33. The van der Waals surface area contributed by atoms with Crippen molar-refractivity contribution < 1.29 is 73.3 Å². The Labute approximate surface area is 696 Å². The Morgan fingerprint density at radius 3 is 1.32 bits per heavy atom. The maximum atomic E-state index is 13.5. The van der Waals surface area contributed by atoms with Gasteiger partial charge in [-0.1, -0.05) is 198 Å². The Kier molecular flexibility index (Phi) is 32.9. The first-order valence-electron chi connectivity index (χ1n) is 34.1. The van der Waals surface area contributed by atoms with Crippen molar-refractivity contribution in [1.82, 2.24) is 41.3 Å². The molecule has 19 nitrogen and oxygen atoms in total. The number of nitrogens with one attached hydrogen (secondary N) is 5. The van der Waals surface area contributed by atoms with Crippen LogP contribution in [-0.4, -0.2) is 129 Å². The number of hydrogen-bond acceptors (Lipinski definition) is 17. The molecular formula is C77H84Cl7N10NaO9S3. The van der Waals surface area contributed by atoms with E-state index in [1.54, 1.807) is 32.6 Å². The number of amidine groups is 2. The van der Waals surface area contributed by atoms with Gasteiger partial charge in [0.2, 0.25) is 11.8 Å². The molecule has 564 valence electrons. The van der Waals surface area contributed by atoms with Crippen LogP contribution < -0.4 is 56.1 Å². The molecule has 0 saturated carbocycles. The zero-order chi connectivity index (χ0) is 76.2. The van der Waals surface area contributed by atoms with E-state index in [1.807, 2.05) is 153 Å². The number of hydrogen-bond donors (Lipinski definition) is 5. The molecule has 6 aromatic carbocycles. The standard InChI is InChI=1S/C25H24Cl2N4O2S.C24H24Cl2N2O2S.C15H12Cl2N2S.C9H15ClO3.C4H8N2O.Na.H2O/c1-14(2)21-23(24(33)30-12-11-28-19(32)13-30)34-25-29-20(15-3-7-17(26)8-4-15)22(31(21)25)16-5-9-18(27)10-6-16;1-5-30-22(29)20-21(24(2,3)4)28-19(15-8-12-17(26)13-9-15)18(27-23(28)31-20)14-6-10-16(25)11-7-14;16-11-5-1-9(2-6-11)13-14(19-15(20)18-13)10-3-7-12(17)8-4-10;1-5-13-8(12)6(10)7(11)9(2,3)4;7-4-3-5-1-2-6-4;;/h3-10,14,20,22H,11-13H2,1-2H3,(H,28,32);6-13,18-19H,5H2,1-4H3;1-8,13-14H,(H2,18,19,20);6H,5H2,1-4H3;5H,1-3H2,(H,6,7);;1H2/q;;;;;+1;/p-1. The van der Waals surface area contributed by atoms with E-state index in [0.29, 0.717) is 61.3 Å². The van der Waals surface area contributed by atoms with Gasteiger partial charge in [-0.2, -0.15) is 0 Å². The van der Waals surface area contributed by atoms with Crippen LogP contribution in [0.1, 0.15) is 139 Å². The molecule has 0 aliphatic carbocycles. The summed E-state index contributed by atoms with van der Waals surface area (Å²) in [5.41, 5.74) is 7.52. The SMILES string of the molecule is CC(C)C1=C(C(=O)N2CCNC(=O)C2)SC2=NC(c3ccc(Cl)cc3)C(c3ccc(Cl)cc3)N21.CCOC(=O)C(Cl)C(=O)C(C)(C)C.CCOC(=O)C1=C(C(C)(C)C)N2C(=NC(c3ccc(Cl)cc3)C2c2ccc(Cl)cc2)S1.O=C1CNCCN1.S=C1NC(c2ccc(Cl)cc2)C(c2ccc(Cl)cc2)N1.[Na+].[OH-]. The molecular weight excluding hydrogens is 1580 g/mol. The van der Waals surface area contributed by atoms with Crippen molar-refractivity contribution in [2.45, 2.75) is 111 Å². The maximum absolute atomic E-state index is 13.5. The Morgan fingerprint density at radius 2 is 0.953 bits per heavy atom. The number of ether oxygens (including phenoxy) is 2. The van der Waals surface area contributed by atoms with Gasteiger partial charge >= 0.3 is 41.5 Å². The fourth-order valence-electron chi connectivity index (χ4n) is 12.3. The zero-order valence-electron chi connectivity index (χ0n) is 61.0. The topological polar surface area (TPSA) is 245 Å². The second-order valence-electron chi connectivity index (χ2n) is 27.3. The van der Waals surface area contributed by atoms with Gasteiger partial charge in [-0.25, -0.2) is 9.59 Å². The number of thioether (sulfide) groups is 2. The fourth-order valence-corrected chi connectivity index (χ4v) is 16.3. The van der Waals surface area contributed by atoms with E-state index in [4.69, 9.17) is 108 Å². The van der Waals surface area contributed by atoms with Crippen LogP contribution in [0.4, 0.5) is 0 Å². The van der Waals surface area contributed by atoms with Gasteiger partial charge in [-0.3, -0.25) is 29.2 Å². The molecule has 7 atom stereocenters. The summed E-state index contributed by atoms with van der Waals surface area (Å²) in [7, 11) is 0. The molecule has 3 fully saturated rings. The van der Waals surface area contributed by atoms with Crippen molar-refractivity contribution in [1.29, 1.82) is 0 Å². The number of thiocarbonyl (C=S) groups is 1. The molecule has 0 spiro atoms. The quantitative estimate of drug-likeness (QED) is 0.0237. The Bertz CT molecular complexity index is 4220. The van der Waals surface area contributed by atoms with Crippen molar-refractivity contribution in [2.24, 2.45) is 26.7 Å². The average Bonchev–Trinajstić information content (AvgIpc) is 1.58. The third kappa shape index (κ3) is 22.7. The smallest absolute Gasteiger partial charge is 0.870 e. The number of carbonyl (C=O) groups is 6. The monoisotopic (exact) mass is 1660 g/mol. The van der Waals surface area contributed by atoms with Crippen LogP contribution in [0.3, 0.4) is 0 Å². The van der Waals surface area contributed by atoms with Crippen LogP contribution in [-0.2, 0) is 38.2 Å². The molecule has 7 aliphatic rings. The Hall–Kier alpha value is -5.90. The Balaban J connectivity index is 0.000000200. The number of benzene rings is 6. The Morgan fingerprint density at radius 1 is 0.561 bits per heavy atom. The summed E-state index contributed by atoms with van der Waals surface area (Å²) in [6.07, 6.45) is 0. The summed E-state index contributed by atoms with van der Waals surface area (Å²) >= 11 is 50.2. The third-order valence-corrected chi connectivity index (χ3v) is 21.5. The van der Waals surface area contributed by atoms with E-state index < -0.39 is 16.8 Å². The molecule has 6 aromatic rings. The van der Waals surface area contributed by atoms with Gasteiger partial charge in [0.25, 0.3) is 5.91 Å². The minimum Gasteiger partial charge on any atom is -0.870 e. The van der Waals surface area contributed by atoms with E-state index in [9.17, 15) is 28.8 Å². The molecule has 0 radical (unpaired) electrons. The largest absolute Gasteiger partial charge is 1.00 e. The first-order valence-corrected chi connectivity index (χ1v) is 38.9. The maximum Gasteiger partial charge on any atom is 1.00 e. The van der Waals surface area contributed by atoms with E-state index in [0.717, 1.165) is 78.2 Å². The number of halogens is 7. The molecule has 0 bridgehead atoms. The molecule has 107 heavy (non-hydrogen) atoms. The number of nitrogens with zero attached hydrogens (tertiary/aromatic N) is 5. The van der Waals surface area contributed by atoms with Crippen LogP contribution in [0.15, 0.2) is 177 Å². The normalized spacial score (nSPS) is 20.1. The van der Waals surface area contributed by atoms with E-state index in [1.165, 1.54) is 23.5 Å². The van der Waals surface area contributed by atoms with Crippen LogP contribution in [0.2, 0.25) is 30.1 Å². The third-order valence-electron chi connectivity index (χ3n) is 17.2. The van der Waals surface area contributed by atoms with Crippen molar-refractivity contribution in [3.63, 3.8) is 0 Å². The molecule has 7 aliphatic heterocycles. The molecule has 7 heterocycles. The van der Waals surface area contributed by atoms with Crippen LogP contribution >= 0.6 is 117 Å². The average molecular weight is 1660 g/mol. The molecule has 6 N–H and O–H groups in total. The number of aliphatic imine (C=N–C) groups is 2. The minimum atomic E-state index is -1.18. The van der Waals surface area contributed by atoms with E-state index in [2.05, 4.69) is 75.7 Å². The van der Waals surface area contributed by atoms with Gasteiger partial charge in [-0.05, 0) is 162 Å². The summed E-state index contributed by atoms with van der Waals surface area (Å²) < 4.78 is 9.99. The number of Topliss-reactive ketones (excluding diaryl/α,β-unsaturated/α-hetero) is 1. The fraction of sp³-hybridized carbons (Fsp3) is 0.364.